The maximum absolute atomic E-state index is 13.2. The number of hydrogen-bond donors (Lipinski definition) is 1. The van der Waals surface area contributed by atoms with Crippen LogP contribution in [0.15, 0.2) is 42.5 Å². The number of nitrogens with zero attached hydrogens (tertiary/aromatic N) is 1. The number of carboxylic acids is 1. The number of rotatable bonds is 5. The summed E-state index contributed by atoms with van der Waals surface area (Å²) < 4.78 is 31.7. The normalized spacial score (nSPS) is 17.8. The largest absolute Gasteiger partial charge is 0.480 e. The topological polar surface area (TPSA) is 49.8 Å². The SMILES string of the molecule is O=C(O)C1CCCN1Cc1ccc(Oc2cc(F)cc(F)c2)cc1. The lowest BCUT2D eigenvalue weighted by Crippen LogP contribution is -2.35. The second-order valence-corrected chi connectivity index (χ2v) is 5.82. The van der Waals surface area contributed by atoms with Crippen molar-refractivity contribution in [1.82, 2.24) is 4.90 Å². The van der Waals surface area contributed by atoms with E-state index in [0.717, 1.165) is 36.7 Å². The van der Waals surface area contributed by atoms with E-state index in [9.17, 15) is 18.7 Å². The molecule has 1 atom stereocenters. The van der Waals surface area contributed by atoms with Gasteiger partial charge in [-0.25, -0.2) is 8.78 Å². The van der Waals surface area contributed by atoms with Crippen molar-refractivity contribution >= 4 is 5.97 Å². The number of aliphatic carboxylic acids is 1. The van der Waals surface area contributed by atoms with E-state index in [-0.39, 0.29) is 5.75 Å². The van der Waals surface area contributed by atoms with Gasteiger partial charge in [0.1, 0.15) is 29.2 Å². The first kappa shape index (κ1) is 16.4. The average Bonchev–Trinajstić information content (AvgIpc) is 2.96. The zero-order valence-electron chi connectivity index (χ0n) is 12.9. The van der Waals surface area contributed by atoms with Crippen molar-refractivity contribution in [2.24, 2.45) is 0 Å². The summed E-state index contributed by atoms with van der Waals surface area (Å²) in [6.07, 6.45) is 1.55. The van der Waals surface area contributed by atoms with Crippen LogP contribution < -0.4 is 4.74 Å². The molecule has 1 heterocycles. The van der Waals surface area contributed by atoms with Crippen LogP contribution in [-0.2, 0) is 11.3 Å². The van der Waals surface area contributed by atoms with Crippen LogP contribution in [0.4, 0.5) is 8.78 Å². The summed E-state index contributed by atoms with van der Waals surface area (Å²) in [7, 11) is 0. The van der Waals surface area contributed by atoms with E-state index in [4.69, 9.17) is 4.74 Å². The quantitative estimate of drug-likeness (QED) is 0.904. The van der Waals surface area contributed by atoms with E-state index in [1.165, 1.54) is 0 Å². The highest BCUT2D eigenvalue weighted by molar-refractivity contribution is 5.73. The standard InChI is InChI=1S/C18H17F2NO3/c19-13-8-14(20)10-16(9-13)24-15-5-3-12(4-6-15)11-21-7-1-2-17(21)18(22)23/h3-6,8-10,17H,1-2,7,11H2,(H,22,23). The summed E-state index contributed by atoms with van der Waals surface area (Å²) in [6.45, 7) is 1.31. The van der Waals surface area contributed by atoms with Gasteiger partial charge in [-0.3, -0.25) is 9.69 Å². The Morgan fingerprint density at radius 3 is 2.42 bits per heavy atom. The molecule has 0 aliphatic carbocycles. The Bertz CT molecular complexity index is 713. The number of carbonyl (C=O) groups is 1. The molecular formula is C18H17F2NO3. The van der Waals surface area contributed by atoms with Gasteiger partial charge in [0.2, 0.25) is 0 Å². The molecule has 1 saturated heterocycles. The van der Waals surface area contributed by atoms with E-state index in [1.54, 1.807) is 12.1 Å². The molecule has 0 radical (unpaired) electrons. The van der Waals surface area contributed by atoms with Gasteiger partial charge in [0.15, 0.2) is 0 Å². The molecule has 126 valence electrons. The first-order valence-electron chi connectivity index (χ1n) is 7.71. The second-order valence-electron chi connectivity index (χ2n) is 5.82. The minimum atomic E-state index is -0.791. The van der Waals surface area contributed by atoms with Gasteiger partial charge in [-0.15, -0.1) is 0 Å². The molecule has 1 aliphatic heterocycles. The van der Waals surface area contributed by atoms with Gasteiger partial charge in [-0.1, -0.05) is 12.1 Å². The maximum Gasteiger partial charge on any atom is 0.320 e. The fraction of sp³-hybridized carbons (Fsp3) is 0.278. The molecule has 1 aliphatic rings. The number of halogens is 2. The van der Waals surface area contributed by atoms with E-state index in [1.807, 2.05) is 17.0 Å². The Morgan fingerprint density at radius 2 is 1.79 bits per heavy atom. The van der Waals surface area contributed by atoms with Crippen molar-refractivity contribution in [2.45, 2.75) is 25.4 Å². The summed E-state index contributed by atoms with van der Waals surface area (Å²) >= 11 is 0. The van der Waals surface area contributed by atoms with E-state index in [2.05, 4.69) is 0 Å². The number of ether oxygens (including phenoxy) is 1. The van der Waals surface area contributed by atoms with Crippen molar-refractivity contribution in [3.63, 3.8) is 0 Å². The van der Waals surface area contributed by atoms with Crippen LogP contribution >= 0.6 is 0 Å². The first-order valence-corrected chi connectivity index (χ1v) is 7.71. The molecule has 24 heavy (non-hydrogen) atoms. The smallest absolute Gasteiger partial charge is 0.320 e. The molecule has 1 N–H and O–H groups in total. The van der Waals surface area contributed by atoms with Gasteiger partial charge in [0, 0.05) is 24.7 Å². The van der Waals surface area contributed by atoms with E-state index in [0.29, 0.717) is 18.7 Å². The highest BCUT2D eigenvalue weighted by Gasteiger charge is 2.30. The predicted octanol–water partition coefficient (Wildman–Crippen LogP) is 3.81. The second kappa shape index (κ2) is 6.97. The molecule has 0 bridgehead atoms. The van der Waals surface area contributed by atoms with Crippen LogP contribution in [0.2, 0.25) is 0 Å². The first-order chi connectivity index (χ1) is 11.5. The Labute approximate surface area is 138 Å². The van der Waals surface area contributed by atoms with E-state index < -0.39 is 23.6 Å². The third-order valence-corrected chi connectivity index (χ3v) is 4.03. The Kier molecular flexibility index (Phi) is 4.76. The average molecular weight is 333 g/mol. The van der Waals surface area contributed by atoms with Gasteiger partial charge in [0.25, 0.3) is 0 Å². The van der Waals surface area contributed by atoms with Crippen LogP contribution in [0.25, 0.3) is 0 Å². The van der Waals surface area contributed by atoms with Gasteiger partial charge in [0.05, 0.1) is 0 Å². The summed E-state index contributed by atoms with van der Waals surface area (Å²) in [5, 5.41) is 9.19. The van der Waals surface area contributed by atoms with Crippen LogP contribution in [0.3, 0.4) is 0 Å². The summed E-state index contributed by atoms with van der Waals surface area (Å²) in [4.78, 5) is 13.1. The zero-order valence-corrected chi connectivity index (χ0v) is 12.9. The molecule has 0 aromatic heterocycles. The molecule has 1 unspecified atom stereocenters. The van der Waals surface area contributed by atoms with Crippen molar-refractivity contribution < 1.29 is 23.4 Å². The number of carboxylic acid groups (broad SMARTS) is 1. The number of likely N-dealkylation sites (tertiary alicyclic amines) is 1. The van der Waals surface area contributed by atoms with Crippen LogP contribution in [-0.4, -0.2) is 28.6 Å². The van der Waals surface area contributed by atoms with Gasteiger partial charge >= 0.3 is 5.97 Å². The van der Waals surface area contributed by atoms with Crippen molar-refractivity contribution in [3.8, 4) is 11.5 Å². The monoisotopic (exact) mass is 333 g/mol. The molecule has 0 amide bonds. The third kappa shape index (κ3) is 3.89. The third-order valence-electron chi connectivity index (χ3n) is 4.03. The lowest BCUT2D eigenvalue weighted by Gasteiger charge is -2.21. The molecule has 1 fully saturated rings. The molecule has 0 spiro atoms. The van der Waals surface area contributed by atoms with Crippen LogP contribution in [0.5, 0.6) is 11.5 Å². The zero-order chi connectivity index (χ0) is 17.1. The molecule has 4 nitrogen and oxygen atoms in total. The molecule has 0 saturated carbocycles. The fourth-order valence-corrected chi connectivity index (χ4v) is 2.92. The van der Waals surface area contributed by atoms with Crippen molar-refractivity contribution in [3.05, 3.63) is 59.7 Å². The number of hydrogen-bond acceptors (Lipinski definition) is 3. The Hall–Kier alpha value is -2.47. The minimum Gasteiger partial charge on any atom is -0.480 e. The molecule has 6 heteroatoms. The van der Waals surface area contributed by atoms with Crippen molar-refractivity contribution in [1.29, 1.82) is 0 Å². The number of benzene rings is 2. The predicted molar refractivity (Wildman–Crippen MR) is 83.9 cm³/mol. The minimum absolute atomic E-state index is 0.0886. The summed E-state index contributed by atoms with van der Waals surface area (Å²) in [5.41, 5.74) is 0.959. The summed E-state index contributed by atoms with van der Waals surface area (Å²) in [5.74, 6) is -1.64. The summed E-state index contributed by atoms with van der Waals surface area (Å²) in [6, 6.07) is 9.61. The highest BCUT2D eigenvalue weighted by atomic mass is 19.1. The molecule has 2 aromatic carbocycles. The van der Waals surface area contributed by atoms with Gasteiger partial charge in [-0.05, 0) is 37.1 Å². The fourth-order valence-electron chi connectivity index (χ4n) is 2.92. The van der Waals surface area contributed by atoms with Gasteiger partial charge in [-0.2, -0.15) is 0 Å². The molecule has 3 rings (SSSR count). The van der Waals surface area contributed by atoms with Crippen molar-refractivity contribution in [2.75, 3.05) is 6.54 Å². The Balaban J connectivity index is 1.66. The van der Waals surface area contributed by atoms with Crippen LogP contribution in [0, 0.1) is 11.6 Å². The highest BCUT2D eigenvalue weighted by Crippen LogP contribution is 2.25. The molecular weight excluding hydrogens is 316 g/mol. The van der Waals surface area contributed by atoms with E-state index >= 15 is 0 Å². The van der Waals surface area contributed by atoms with Crippen LogP contribution in [0.1, 0.15) is 18.4 Å². The Morgan fingerprint density at radius 1 is 1.12 bits per heavy atom. The lowest BCUT2D eigenvalue weighted by atomic mass is 10.2. The molecule has 2 aromatic rings. The van der Waals surface area contributed by atoms with Gasteiger partial charge < -0.3 is 9.84 Å². The lowest BCUT2D eigenvalue weighted by molar-refractivity contribution is -0.142. The maximum atomic E-state index is 13.2.